The topological polar surface area (TPSA) is 46.2 Å². The van der Waals surface area contributed by atoms with Gasteiger partial charge >= 0.3 is 0 Å². The Morgan fingerprint density at radius 3 is 1.91 bits per heavy atom. The fraction of sp³-hybridized carbons (Fsp3) is 0.250. The van der Waals surface area contributed by atoms with E-state index in [0.717, 1.165) is 11.1 Å². The van der Waals surface area contributed by atoms with E-state index >= 15 is 0 Å². The Balaban J connectivity index is 0.000001000. The third-order valence-corrected chi connectivity index (χ3v) is 1.51. The molecule has 0 saturated heterocycles. The predicted molar refractivity (Wildman–Crippen MR) is 52.3 cm³/mol. The SMILES string of the molecule is Br.Cc1cc(N)cc(C)c1O. The van der Waals surface area contributed by atoms with Crippen LogP contribution in [-0.2, 0) is 0 Å². The Labute approximate surface area is 76.8 Å². The van der Waals surface area contributed by atoms with Crippen molar-refractivity contribution in [3.63, 3.8) is 0 Å². The summed E-state index contributed by atoms with van der Waals surface area (Å²) >= 11 is 0. The number of phenolic OH excluding ortho intramolecular Hbond substituents is 1. The van der Waals surface area contributed by atoms with Gasteiger partial charge in [-0.15, -0.1) is 17.0 Å². The first-order valence-corrected chi connectivity index (χ1v) is 3.17. The standard InChI is InChI=1S/C8H11NO.BrH/c1-5-3-7(9)4-6(2)8(5)10;/h3-4,10H,9H2,1-2H3;1H. The van der Waals surface area contributed by atoms with Crippen molar-refractivity contribution in [2.24, 2.45) is 0 Å². The quantitative estimate of drug-likeness (QED) is 0.517. The van der Waals surface area contributed by atoms with Gasteiger partial charge in [0.15, 0.2) is 0 Å². The molecule has 0 amide bonds. The van der Waals surface area contributed by atoms with E-state index in [1.807, 2.05) is 13.8 Å². The molecule has 1 rings (SSSR count). The highest BCUT2D eigenvalue weighted by molar-refractivity contribution is 8.93. The number of hydrogen-bond acceptors (Lipinski definition) is 2. The maximum Gasteiger partial charge on any atom is 0.121 e. The highest BCUT2D eigenvalue weighted by Crippen LogP contribution is 2.23. The number of nitrogens with two attached hydrogens (primary N) is 1. The number of nitrogen functional groups attached to an aromatic ring is 1. The lowest BCUT2D eigenvalue weighted by atomic mass is 10.1. The molecule has 1 aromatic carbocycles. The molecule has 3 N–H and O–H groups in total. The molecule has 3 heteroatoms. The van der Waals surface area contributed by atoms with E-state index < -0.39 is 0 Å². The van der Waals surface area contributed by atoms with E-state index in [2.05, 4.69) is 0 Å². The number of aromatic hydroxyl groups is 1. The summed E-state index contributed by atoms with van der Waals surface area (Å²) in [7, 11) is 0. The predicted octanol–water partition coefficient (Wildman–Crippen LogP) is 2.17. The first-order chi connectivity index (χ1) is 4.61. The fourth-order valence-electron chi connectivity index (χ4n) is 0.989. The summed E-state index contributed by atoms with van der Waals surface area (Å²) in [6, 6.07) is 3.50. The highest BCUT2D eigenvalue weighted by Gasteiger charge is 1.99. The second-order valence-corrected chi connectivity index (χ2v) is 2.50. The van der Waals surface area contributed by atoms with Crippen LogP contribution in [0.1, 0.15) is 11.1 Å². The lowest BCUT2D eigenvalue weighted by molar-refractivity contribution is 0.467. The van der Waals surface area contributed by atoms with Gasteiger partial charge in [0, 0.05) is 5.69 Å². The molecule has 2 nitrogen and oxygen atoms in total. The summed E-state index contributed by atoms with van der Waals surface area (Å²) in [4.78, 5) is 0. The molecule has 0 unspecified atom stereocenters. The molecule has 0 aliphatic carbocycles. The van der Waals surface area contributed by atoms with Crippen molar-refractivity contribution in [1.29, 1.82) is 0 Å². The Morgan fingerprint density at radius 1 is 1.18 bits per heavy atom. The van der Waals surface area contributed by atoms with Crippen LogP contribution < -0.4 is 5.73 Å². The van der Waals surface area contributed by atoms with E-state index in [0.29, 0.717) is 11.4 Å². The second kappa shape index (κ2) is 3.62. The molecule has 0 fully saturated rings. The Bertz CT molecular complexity index is 237. The van der Waals surface area contributed by atoms with Gasteiger partial charge in [0.1, 0.15) is 5.75 Å². The average molecular weight is 218 g/mol. The minimum atomic E-state index is 0. The Hall–Kier alpha value is -0.700. The summed E-state index contributed by atoms with van der Waals surface area (Å²) in [5.41, 5.74) is 7.88. The zero-order chi connectivity index (χ0) is 7.72. The van der Waals surface area contributed by atoms with Crippen molar-refractivity contribution in [3.8, 4) is 5.75 Å². The van der Waals surface area contributed by atoms with Crippen LogP contribution in [0.15, 0.2) is 12.1 Å². The van der Waals surface area contributed by atoms with Crippen LogP contribution in [0.25, 0.3) is 0 Å². The number of halogens is 1. The summed E-state index contributed by atoms with van der Waals surface area (Å²) in [5.74, 6) is 0.342. The maximum absolute atomic E-state index is 9.28. The summed E-state index contributed by atoms with van der Waals surface area (Å²) in [6.07, 6.45) is 0. The third kappa shape index (κ3) is 2.12. The second-order valence-electron chi connectivity index (χ2n) is 2.50. The van der Waals surface area contributed by atoms with Crippen LogP contribution in [0, 0.1) is 13.8 Å². The van der Waals surface area contributed by atoms with Crippen LogP contribution in [0.3, 0.4) is 0 Å². The van der Waals surface area contributed by atoms with E-state index in [1.165, 1.54) is 0 Å². The molecule has 0 bridgehead atoms. The molecule has 0 aliphatic heterocycles. The summed E-state index contributed by atoms with van der Waals surface area (Å²) < 4.78 is 0. The Kier molecular flexibility index (Phi) is 3.39. The lowest BCUT2D eigenvalue weighted by Gasteiger charge is -2.03. The summed E-state index contributed by atoms with van der Waals surface area (Å²) in [6.45, 7) is 3.66. The molecule has 62 valence electrons. The van der Waals surface area contributed by atoms with Gasteiger partial charge < -0.3 is 10.8 Å². The van der Waals surface area contributed by atoms with E-state index in [1.54, 1.807) is 12.1 Å². The number of hydrogen-bond donors (Lipinski definition) is 2. The summed E-state index contributed by atoms with van der Waals surface area (Å²) in [5, 5.41) is 9.28. The number of rotatable bonds is 0. The van der Waals surface area contributed by atoms with Crippen molar-refractivity contribution in [1.82, 2.24) is 0 Å². The zero-order valence-electron chi connectivity index (χ0n) is 6.59. The van der Waals surface area contributed by atoms with Gasteiger partial charge in [-0.25, -0.2) is 0 Å². The number of anilines is 1. The molecular weight excluding hydrogens is 206 g/mol. The van der Waals surface area contributed by atoms with E-state index in [9.17, 15) is 5.11 Å². The molecule has 0 aliphatic rings. The number of phenols is 1. The molecule has 0 saturated carbocycles. The van der Waals surface area contributed by atoms with E-state index in [4.69, 9.17) is 5.73 Å². The van der Waals surface area contributed by atoms with Gasteiger partial charge in [-0.2, -0.15) is 0 Å². The molecule has 0 spiro atoms. The van der Waals surface area contributed by atoms with Gasteiger partial charge in [0.05, 0.1) is 0 Å². The van der Waals surface area contributed by atoms with Crippen LogP contribution in [0.4, 0.5) is 5.69 Å². The molecule has 11 heavy (non-hydrogen) atoms. The largest absolute Gasteiger partial charge is 0.507 e. The van der Waals surface area contributed by atoms with Crippen LogP contribution in [-0.4, -0.2) is 5.11 Å². The van der Waals surface area contributed by atoms with Gasteiger partial charge in [-0.3, -0.25) is 0 Å². The van der Waals surface area contributed by atoms with Crippen molar-refractivity contribution in [2.75, 3.05) is 5.73 Å². The molecule has 0 aromatic heterocycles. The number of aryl methyl sites for hydroxylation is 2. The molecule has 1 aromatic rings. The Morgan fingerprint density at radius 2 is 1.55 bits per heavy atom. The zero-order valence-corrected chi connectivity index (χ0v) is 8.30. The minimum Gasteiger partial charge on any atom is -0.507 e. The lowest BCUT2D eigenvalue weighted by Crippen LogP contribution is -1.87. The number of benzene rings is 1. The van der Waals surface area contributed by atoms with Gasteiger partial charge in [0.2, 0.25) is 0 Å². The van der Waals surface area contributed by atoms with Gasteiger partial charge in [-0.05, 0) is 37.1 Å². The van der Waals surface area contributed by atoms with Crippen LogP contribution in [0.2, 0.25) is 0 Å². The molecule has 0 radical (unpaired) electrons. The van der Waals surface area contributed by atoms with E-state index in [-0.39, 0.29) is 17.0 Å². The molecular formula is C8H12BrNO. The van der Waals surface area contributed by atoms with Crippen molar-refractivity contribution >= 4 is 22.7 Å². The fourth-order valence-corrected chi connectivity index (χ4v) is 0.989. The van der Waals surface area contributed by atoms with Crippen LogP contribution in [0.5, 0.6) is 5.75 Å². The van der Waals surface area contributed by atoms with Gasteiger partial charge in [0.25, 0.3) is 0 Å². The third-order valence-electron chi connectivity index (χ3n) is 1.51. The van der Waals surface area contributed by atoms with Crippen molar-refractivity contribution in [2.45, 2.75) is 13.8 Å². The first-order valence-electron chi connectivity index (χ1n) is 3.17. The molecule has 0 heterocycles. The first kappa shape index (κ1) is 10.3. The van der Waals surface area contributed by atoms with Crippen molar-refractivity contribution < 1.29 is 5.11 Å². The average Bonchev–Trinajstić information content (AvgIpc) is 1.82. The highest BCUT2D eigenvalue weighted by atomic mass is 79.9. The normalized spacial score (nSPS) is 8.91. The minimum absolute atomic E-state index is 0. The van der Waals surface area contributed by atoms with Gasteiger partial charge in [-0.1, -0.05) is 0 Å². The smallest absolute Gasteiger partial charge is 0.121 e. The maximum atomic E-state index is 9.28. The van der Waals surface area contributed by atoms with Crippen molar-refractivity contribution in [3.05, 3.63) is 23.3 Å². The monoisotopic (exact) mass is 217 g/mol. The van der Waals surface area contributed by atoms with Crippen LogP contribution >= 0.6 is 17.0 Å². The molecule has 0 atom stereocenters.